The van der Waals surface area contributed by atoms with E-state index in [2.05, 4.69) is 25.6 Å². The lowest BCUT2D eigenvalue weighted by Gasteiger charge is -2.31. The zero-order valence-corrected chi connectivity index (χ0v) is 12.6. The van der Waals surface area contributed by atoms with Gasteiger partial charge in [-0.05, 0) is 53.5 Å². The normalized spacial score (nSPS) is 31.9. The van der Waals surface area contributed by atoms with Crippen molar-refractivity contribution < 1.29 is 14.7 Å². The lowest BCUT2D eigenvalue weighted by Crippen LogP contribution is -2.32. The molecule has 0 aliphatic heterocycles. The molecule has 2 atom stereocenters. The van der Waals surface area contributed by atoms with E-state index in [0.29, 0.717) is 5.92 Å². The van der Waals surface area contributed by atoms with Gasteiger partial charge in [0.15, 0.2) is 17.3 Å². The highest BCUT2D eigenvalue weighted by atomic mass is 16.6. The van der Waals surface area contributed by atoms with Crippen LogP contribution in [-0.2, 0) is 4.79 Å². The zero-order chi connectivity index (χ0) is 15.4. The van der Waals surface area contributed by atoms with Gasteiger partial charge in [-0.3, -0.25) is 4.79 Å². The first kappa shape index (κ1) is 14.1. The maximum absolute atomic E-state index is 12.8. The van der Waals surface area contributed by atoms with Gasteiger partial charge >= 0.3 is 0 Å². The van der Waals surface area contributed by atoms with Crippen LogP contribution in [0.1, 0.15) is 39.2 Å². The number of phenolic OH excluding ortho intramolecular Hbond substituents is 1. The molecule has 1 aromatic rings. The van der Waals surface area contributed by atoms with Crippen LogP contribution in [0.15, 0.2) is 23.8 Å². The molecule has 21 heavy (non-hydrogen) atoms. The third kappa shape index (κ3) is 1.75. The summed E-state index contributed by atoms with van der Waals surface area (Å²) in [4.78, 5) is 17.4. The van der Waals surface area contributed by atoms with Crippen LogP contribution in [0.4, 0.5) is 0 Å². The summed E-state index contributed by atoms with van der Waals surface area (Å²) in [6.07, 6.45) is 3.94. The smallest absolute Gasteiger partial charge is 0.188 e. The van der Waals surface area contributed by atoms with Crippen molar-refractivity contribution in [2.24, 2.45) is 22.6 Å². The number of benzene rings is 1. The van der Waals surface area contributed by atoms with Crippen molar-refractivity contribution in [3.63, 3.8) is 0 Å². The molecule has 2 unspecified atom stereocenters. The molecule has 2 saturated carbocycles. The molecular weight excluding hydrogens is 266 g/mol. The van der Waals surface area contributed by atoms with Crippen LogP contribution in [0.3, 0.4) is 0 Å². The standard InChI is InChI=1S/C17H21NO3/c1-16(2)12-6-7-17(16,3)15(20)11(12)8-10-4-5-13(19)14(9-10)21-18/h4-5,8-9,12,19H,6-7,18H2,1-3H3/b11-8-. The van der Waals surface area contributed by atoms with Crippen LogP contribution in [0.2, 0.25) is 0 Å². The van der Waals surface area contributed by atoms with E-state index in [0.717, 1.165) is 24.0 Å². The van der Waals surface area contributed by atoms with Gasteiger partial charge in [0.05, 0.1) is 0 Å². The van der Waals surface area contributed by atoms with Gasteiger partial charge in [0.2, 0.25) is 0 Å². The maximum Gasteiger partial charge on any atom is 0.188 e. The summed E-state index contributed by atoms with van der Waals surface area (Å²) in [5.41, 5.74) is 1.46. The summed E-state index contributed by atoms with van der Waals surface area (Å²) < 4.78 is 0. The van der Waals surface area contributed by atoms with E-state index < -0.39 is 0 Å². The Bertz CT molecular complexity index is 647. The summed E-state index contributed by atoms with van der Waals surface area (Å²) >= 11 is 0. The van der Waals surface area contributed by atoms with Crippen molar-refractivity contribution in [2.75, 3.05) is 0 Å². The monoisotopic (exact) mass is 287 g/mol. The van der Waals surface area contributed by atoms with E-state index in [4.69, 9.17) is 5.90 Å². The Kier molecular flexibility index (Phi) is 2.92. The second-order valence-electron chi connectivity index (χ2n) is 6.92. The maximum atomic E-state index is 12.8. The molecule has 2 fully saturated rings. The van der Waals surface area contributed by atoms with Crippen molar-refractivity contribution in [1.29, 1.82) is 0 Å². The number of nitrogens with two attached hydrogens (primary N) is 1. The predicted octanol–water partition coefficient (Wildman–Crippen LogP) is 3.05. The molecule has 2 aliphatic rings. The molecular formula is C17H21NO3. The van der Waals surface area contributed by atoms with E-state index in [-0.39, 0.29) is 28.1 Å². The van der Waals surface area contributed by atoms with Crippen LogP contribution >= 0.6 is 0 Å². The topological polar surface area (TPSA) is 72.6 Å². The van der Waals surface area contributed by atoms with E-state index in [1.807, 2.05) is 6.08 Å². The number of hydrogen-bond donors (Lipinski definition) is 2. The van der Waals surface area contributed by atoms with Crippen LogP contribution in [0.25, 0.3) is 6.08 Å². The van der Waals surface area contributed by atoms with Crippen LogP contribution in [0, 0.1) is 16.7 Å². The summed E-state index contributed by atoms with van der Waals surface area (Å²) in [5, 5.41) is 9.58. The van der Waals surface area contributed by atoms with E-state index in [1.54, 1.807) is 12.1 Å². The second kappa shape index (κ2) is 4.34. The molecule has 3 N–H and O–H groups in total. The molecule has 2 aliphatic carbocycles. The second-order valence-corrected chi connectivity index (χ2v) is 6.92. The molecule has 3 rings (SSSR count). The minimum Gasteiger partial charge on any atom is -0.504 e. The third-order valence-electron chi connectivity index (χ3n) is 5.80. The molecule has 0 amide bonds. The fraction of sp³-hybridized carbons (Fsp3) is 0.471. The molecule has 0 saturated heterocycles. The van der Waals surface area contributed by atoms with Gasteiger partial charge in [0.1, 0.15) is 0 Å². The Labute approximate surface area is 124 Å². The van der Waals surface area contributed by atoms with Gasteiger partial charge < -0.3 is 9.94 Å². The summed E-state index contributed by atoms with van der Waals surface area (Å²) in [7, 11) is 0. The number of ketones is 1. The van der Waals surface area contributed by atoms with E-state index in [1.165, 1.54) is 6.07 Å². The van der Waals surface area contributed by atoms with Gasteiger partial charge in [-0.15, -0.1) is 0 Å². The lowest BCUT2D eigenvalue weighted by molar-refractivity contribution is -0.125. The Hall–Kier alpha value is -1.81. The van der Waals surface area contributed by atoms with E-state index in [9.17, 15) is 9.90 Å². The van der Waals surface area contributed by atoms with Crippen molar-refractivity contribution in [2.45, 2.75) is 33.6 Å². The number of allylic oxidation sites excluding steroid dienone is 1. The molecule has 0 radical (unpaired) electrons. The Morgan fingerprint density at radius 3 is 2.67 bits per heavy atom. The molecule has 112 valence electrons. The zero-order valence-electron chi connectivity index (χ0n) is 12.6. The predicted molar refractivity (Wildman–Crippen MR) is 80.5 cm³/mol. The summed E-state index contributed by atoms with van der Waals surface area (Å²) in [6, 6.07) is 4.94. The highest BCUT2D eigenvalue weighted by molar-refractivity contribution is 6.08. The number of phenols is 1. The average molecular weight is 287 g/mol. The van der Waals surface area contributed by atoms with Crippen molar-refractivity contribution in [3.8, 4) is 11.5 Å². The van der Waals surface area contributed by atoms with Crippen molar-refractivity contribution in [1.82, 2.24) is 0 Å². The molecule has 0 spiro atoms. The fourth-order valence-electron chi connectivity index (χ4n) is 3.99. The van der Waals surface area contributed by atoms with Crippen LogP contribution < -0.4 is 10.7 Å². The minimum absolute atomic E-state index is 0.0000331. The van der Waals surface area contributed by atoms with Gasteiger partial charge in [0.25, 0.3) is 0 Å². The minimum atomic E-state index is -0.256. The number of hydrogen-bond acceptors (Lipinski definition) is 4. The number of rotatable bonds is 2. The summed E-state index contributed by atoms with van der Waals surface area (Å²) in [6.45, 7) is 6.46. The Morgan fingerprint density at radius 2 is 2.10 bits per heavy atom. The van der Waals surface area contributed by atoms with Crippen LogP contribution in [-0.4, -0.2) is 10.9 Å². The SMILES string of the molecule is CC12CCC(/C(=C/c3ccc(O)c(ON)c3)C1=O)C2(C)C. The first-order chi connectivity index (χ1) is 9.81. The Balaban J connectivity index is 2.04. The highest BCUT2D eigenvalue weighted by Crippen LogP contribution is 2.65. The molecule has 0 heterocycles. The molecule has 1 aromatic carbocycles. The number of aromatic hydroxyl groups is 1. The number of fused-ring (bicyclic) bond motifs is 2. The average Bonchev–Trinajstić information content (AvgIpc) is 2.75. The first-order valence-corrected chi connectivity index (χ1v) is 7.27. The Morgan fingerprint density at radius 1 is 1.38 bits per heavy atom. The number of carbonyl (C=O) groups excluding carboxylic acids is 1. The molecule has 2 bridgehead atoms. The summed E-state index contributed by atoms with van der Waals surface area (Å²) in [5.74, 6) is 5.89. The lowest BCUT2D eigenvalue weighted by atomic mass is 9.70. The first-order valence-electron chi connectivity index (χ1n) is 7.27. The molecule has 4 heteroatoms. The van der Waals surface area contributed by atoms with Gasteiger partial charge in [0, 0.05) is 5.41 Å². The molecule has 0 aromatic heterocycles. The van der Waals surface area contributed by atoms with Crippen LogP contribution in [0.5, 0.6) is 11.5 Å². The third-order valence-corrected chi connectivity index (χ3v) is 5.80. The fourth-order valence-corrected chi connectivity index (χ4v) is 3.99. The van der Waals surface area contributed by atoms with E-state index >= 15 is 0 Å². The highest BCUT2D eigenvalue weighted by Gasteiger charge is 2.63. The number of carbonyl (C=O) groups is 1. The van der Waals surface area contributed by atoms with Gasteiger partial charge in [-0.25, -0.2) is 0 Å². The van der Waals surface area contributed by atoms with Gasteiger partial charge in [-0.2, -0.15) is 5.90 Å². The number of Topliss-reactive ketones (excluding diaryl/α,β-unsaturated/α-hetero) is 1. The largest absolute Gasteiger partial charge is 0.504 e. The van der Waals surface area contributed by atoms with Gasteiger partial charge in [-0.1, -0.05) is 26.8 Å². The van der Waals surface area contributed by atoms with Crippen molar-refractivity contribution in [3.05, 3.63) is 29.3 Å². The quantitative estimate of drug-likeness (QED) is 0.647. The molecule has 4 nitrogen and oxygen atoms in total. The van der Waals surface area contributed by atoms with Crippen molar-refractivity contribution >= 4 is 11.9 Å².